The predicted octanol–water partition coefficient (Wildman–Crippen LogP) is 5.85. The van der Waals surface area contributed by atoms with Crippen LogP contribution in [0.2, 0.25) is 0 Å². The van der Waals surface area contributed by atoms with Gasteiger partial charge in [-0.05, 0) is 78.7 Å². The Bertz CT molecular complexity index is 725. The maximum absolute atomic E-state index is 10.3. The maximum Gasteiger partial charge on any atom is 0.114 e. The van der Waals surface area contributed by atoms with E-state index in [1.165, 1.54) is 42.4 Å². The van der Waals surface area contributed by atoms with Gasteiger partial charge in [-0.25, -0.2) is 0 Å². The molecule has 138 valence electrons. The molecular weight excluding hydrogens is 320 g/mol. The lowest BCUT2D eigenvalue weighted by molar-refractivity contribution is 0.128. The van der Waals surface area contributed by atoms with Gasteiger partial charge in [0.1, 0.15) is 5.76 Å². The lowest BCUT2D eigenvalue weighted by atomic mass is 9.78. The molecule has 4 aliphatic carbocycles. The first-order valence-corrected chi connectivity index (χ1v) is 10.2. The fourth-order valence-corrected chi connectivity index (χ4v) is 4.49. The van der Waals surface area contributed by atoms with Crippen LogP contribution in [0.3, 0.4) is 0 Å². The third-order valence-electron chi connectivity index (χ3n) is 6.39. The van der Waals surface area contributed by atoms with Gasteiger partial charge in [-0.1, -0.05) is 55.7 Å². The SMILES string of the molecule is OC1=CCC/C1=C/C1=CC=C(/C=C/C2=CC(O)C(CC3CCC3)C2)CC1. The highest BCUT2D eigenvalue weighted by molar-refractivity contribution is 5.42. The third kappa shape index (κ3) is 4.12. The summed E-state index contributed by atoms with van der Waals surface area (Å²) in [5.74, 6) is 1.76. The van der Waals surface area contributed by atoms with Crippen LogP contribution in [-0.2, 0) is 0 Å². The number of aliphatic hydroxyl groups excluding tert-OH is 2. The van der Waals surface area contributed by atoms with Crippen LogP contribution in [0.15, 0.2) is 70.6 Å². The first kappa shape index (κ1) is 17.6. The molecule has 0 aliphatic heterocycles. The molecule has 26 heavy (non-hydrogen) atoms. The Kier molecular flexibility index (Phi) is 5.31. The van der Waals surface area contributed by atoms with E-state index in [1.54, 1.807) is 0 Å². The van der Waals surface area contributed by atoms with Gasteiger partial charge in [-0.15, -0.1) is 0 Å². The molecule has 1 saturated carbocycles. The van der Waals surface area contributed by atoms with Crippen molar-refractivity contribution in [3.8, 4) is 0 Å². The number of allylic oxidation sites excluding steroid dienone is 10. The molecule has 0 heterocycles. The summed E-state index contributed by atoms with van der Waals surface area (Å²) in [5.41, 5.74) is 5.01. The highest BCUT2D eigenvalue weighted by Gasteiger charge is 2.29. The molecule has 0 radical (unpaired) electrons. The summed E-state index contributed by atoms with van der Waals surface area (Å²) in [5, 5.41) is 20.1. The van der Waals surface area contributed by atoms with Gasteiger partial charge in [0.2, 0.25) is 0 Å². The van der Waals surface area contributed by atoms with Gasteiger partial charge in [-0.3, -0.25) is 0 Å². The van der Waals surface area contributed by atoms with Crippen molar-refractivity contribution in [1.29, 1.82) is 0 Å². The van der Waals surface area contributed by atoms with E-state index in [-0.39, 0.29) is 6.10 Å². The van der Waals surface area contributed by atoms with Crippen molar-refractivity contribution in [2.24, 2.45) is 11.8 Å². The minimum Gasteiger partial charge on any atom is -0.508 e. The Morgan fingerprint density at radius 2 is 1.77 bits per heavy atom. The molecule has 0 amide bonds. The van der Waals surface area contributed by atoms with E-state index >= 15 is 0 Å². The minimum absolute atomic E-state index is 0.249. The Balaban J connectivity index is 1.33. The van der Waals surface area contributed by atoms with Crippen molar-refractivity contribution < 1.29 is 10.2 Å². The monoisotopic (exact) mass is 350 g/mol. The summed E-state index contributed by atoms with van der Waals surface area (Å²) in [7, 11) is 0. The molecule has 0 aromatic rings. The quantitative estimate of drug-likeness (QED) is 0.653. The van der Waals surface area contributed by atoms with E-state index in [2.05, 4.69) is 36.5 Å². The topological polar surface area (TPSA) is 40.5 Å². The average Bonchev–Trinajstić information content (AvgIpc) is 3.16. The molecule has 2 heteroatoms. The number of hydrogen-bond acceptors (Lipinski definition) is 2. The second kappa shape index (κ2) is 7.84. The number of rotatable bonds is 5. The van der Waals surface area contributed by atoms with Crippen molar-refractivity contribution >= 4 is 0 Å². The normalized spacial score (nSPS) is 31.0. The van der Waals surface area contributed by atoms with E-state index in [4.69, 9.17) is 0 Å². The van der Waals surface area contributed by atoms with Gasteiger partial charge in [-0.2, -0.15) is 0 Å². The third-order valence-corrected chi connectivity index (χ3v) is 6.39. The molecule has 0 saturated heterocycles. The number of aliphatic hydroxyl groups is 2. The molecule has 0 bridgehead atoms. The lowest BCUT2D eigenvalue weighted by Crippen LogP contribution is -2.21. The largest absolute Gasteiger partial charge is 0.508 e. The highest BCUT2D eigenvalue weighted by atomic mass is 16.3. The van der Waals surface area contributed by atoms with Crippen LogP contribution >= 0.6 is 0 Å². The second-order valence-corrected chi connectivity index (χ2v) is 8.34. The standard InChI is InChI=1S/C24H30O2/c25-23-6-2-5-21(23)13-19-10-7-17(8-11-19)9-12-20-15-22(24(26)16-20)14-18-3-1-4-18/h6-7,9-10,12-13,16,18,22,24-26H,1-5,8,11,14-15H2/b12-9+,21-13-. The maximum atomic E-state index is 10.3. The van der Waals surface area contributed by atoms with Crippen LogP contribution < -0.4 is 0 Å². The molecule has 2 N–H and O–H groups in total. The molecule has 2 unspecified atom stereocenters. The van der Waals surface area contributed by atoms with Crippen LogP contribution in [-0.4, -0.2) is 16.3 Å². The van der Waals surface area contributed by atoms with E-state index < -0.39 is 0 Å². The first-order chi connectivity index (χ1) is 12.7. The smallest absolute Gasteiger partial charge is 0.114 e. The lowest BCUT2D eigenvalue weighted by Gasteiger charge is -2.29. The zero-order valence-corrected chi connectivity index (χ0v) is 15.5. The summed E-state index contributed by atoms with van der Waals surface area (Å²) in [6.45, 7) is 0. The fraction of sp³-hybridized carbons (Fsp3) is 0.500. The van der Waals surface area contributed by atoms with Crippen LogP contribution in [0.5, 0.6) is 0 Å². The summed E-state index contributed by atoms with van der Waals surface area (Å²) in [6, 6.07) is 0. The fourth-order valence-electron chi connectivity index (χ4n) is 4.49. The van der Waals surface area contributed by atoms with Gasteiger partial charge >= 0.3 is 0 Å². The van der Waals surface area contributed by atoms with Gasteiger partial charge in [0.05, 0.1) is 6.10 Å². The van der Waals surface area contributed by atoms with Gasteiger partial charge in [0, 0.05) is 0 Å². The van der Waals surface area contributed by atoms with Crippen LogP contribution in [0.1, 0.15) is 57.8 Å². The molecule has 2 nitrogen and oxygen atoms in total. The average molecular weight is 351 g/mol. The van der Waals surface area contributed by atoms with Crippen molar-refractivity contribution in [1.82, 2.24) is 0 Å². The predicted molar refractivity (Wildman–Crippen MR) is 107 cm³/mol. The molecule has 4 aliphatic rings. The van der Waals surface area contributed by atoms with Crippen molar-refractivity contribution in [2.75, 3.05) is 0 Å². The van der Waals surface area contributed by atoms with E-state index in [0.29, 0.717) is 11.7 Å². The molecular formula is C24H30O2. The summed E-state index contributed by atoms with van der Waals surface area (Å²) >= 11 is 0. The van der Waals surface area contributed by atoms with Gasteiger partial charge in [0.25, 0.3) is 0 Å². The number of hydrogen-bond donors (Lipinski definition) is 2. The van der Waals surface area contributed by atoms with Crippen molar-refractivity contribution in [2.45, 2.75) is 63.9 Å². The Labute approximate surface area is 157 Å². The Hall–Kier alpha value is -1.80. The highest BCUT2D eigenvalue weighted by Crippen LogP contribution is 2.38. The van der Waals surface area contributed by atoms with Gasteiger partial charge < -0.3 is 10.2 Å². The molecule has 0 spiro atoms. The molecule has 4 rings (SSSR count). The second-order valence-electron chi connectivity index (χ2n) is 8.34. The van der Waals surface area contributed by atoms with Crippen molar-refractivity contribution in [3.63, 3.8) is 0 Å². The van der Waals surface area contributed by atoms with E-state index in [0.717, 1.165) is 43.6 Å². The summed E-state index contributed by atoms with van der Waals surface area (Å²) in [4.78, 5) is 0. The van der Waals surface area contributed by atoms with Crippen LogP contribution in [0.4, 0.5) is 0 Å². The Morgan fingerprint density at radius 1 is 1.00 bits per heavy atom. The molecule has 0 aromatic heterocycles. The molecule has 2 atom stereocenters. The minimum atomic E-state index is -0.249. The summed E-state index contributed by atoms with van der Waals surface area (Å²) < 4.78 is 0. The van der Waals surface area contributed by atoms with Crippen LogP contribution in [0.25, 0.3) is 0 Å². The zero-order chi connectivity index (χ0) is 17.9. The Morgan fingerprint density at radius 3 is 2.42 bits per heavy atom. The molecule has 0 aromatic carbocycles. The van der Waals surface area contributed by atoms with Crippen molar-refractivity contribution in [3.05, 3.63) is 70.6 Å². The van der Waals surface area contributed by atoms with E-state index in [1.807, 2.05) is 6.08 Å². The van der Waals surface area contributed by atoms with Gasteiger partial charge in [0.15, 0.2) is 0 Å². The summed E-state index contributed by atoms with van der Waals surface area (Å²) in [6.07, 6.45) is 25.0. The first-order valence-electron chi connectivity index (χ1n) is 10.2. The molecule has 1 fully saturated rings. The van der Waals surface area contributed by atoms with Crippen LogP contribution in [0, 0.1) is 11.8 Å². The van der Waals surface area contributed by atoms with E-state index in [9.17, 15) is 10.2 Å². The zero-order valence-electron chi connectivity index (χ0n) is 15.5.